The van der Waals surface area contributed by atoms with Gasteiger partial charge in [-0.1, -0.05) is 50.6 Å². The van der Waals surface area contributed by atoms with Crippen molar-refractivity contribution in [3.8, 4) is 0 Å². The van der Waals surface area contributed by atoms with Gasteiger partial charge in [0.1, 0.15) is 0 Å². The maximum atomic E-state index is 3.39. The zero-order chi connectivity index (χ0) is 11.6. The fourth-order valence-electron chi connectivity index (χ4n) is 1.97. The highest BCUT2D eigenvalue weighted by atomic mass is 14.8. The van der Waals surface area contributed by atoms with Crippen LogP contribution in [0.5, 0.6) is 0 Å². The highest BCUT2D eigenvalue weighted by molar-refractivity contribution is 5.14. The normalized spacial score (nSPS) is 12.6. The third-order valence-corrected chi connectivity index (χ3v) is 3.07. The van der Waals surface area contributed by atoms with Gasteiger partial charge < -0.3 is 5.32 Å². The van der Waals surface area contributed by atoms with Crippen molar-refractivity contribution < 1.29 is 0 Å². The van der Waals surface area contributed by atoms with Crippen molar-refractivity contribution >= 4 is 0 Å². The summed E-state index contributed by atoms with van der Waals surface area (Å²) in [4.78, 5) is 0. The topological polar surface area (TPSA) is 12.0 Å². The number of nitrogens with one attached hydrogen (secondary N) is 1. The van der Waals surface area contributed by atoms with Gasteiger partial charge in [0.25, 0.3) is 0 Å². The van der Waals surface area contributed by atoms with Crippen LogP contribution in [-0.4, -0.2) is 13.1 Å². The summed E-state index contributed by atoms with van der Waals surface area (Å²) in [7, 11) is 0. The lowest BCUT2D eigenvalue weighted by molar-refractivity contribution is 0.460. The lowest BCUT2D eigenvalue weighted by Gasteiger charge is -2.11. The molecular formula is C15H25N. The molecule has 16 heavy (non-hydrogen) atoms. The molecule has 0 aliphatic rings. The summed E-state index contributed by atoms with van der Waals surface area (Å²) in [6, 6.07) is 10.8. The van der Waals surface area contributed by atoms with Crippen molar-refractivity contribution in [2.45, 2.75) is 39.5 Å². The standard InChI is InChI=1S/C15H25N/c1-3-16-13-12-14(2)8-7-11-15-9-5-4-6-10-15/h4-6,9-10,14,16H,3,7-8,11-13H2,1-2H3. The monoisotopic (exact) mass is 219 g/mol. The highest BCUT2D eigenvalue weighted by Crippen LogP contribution is 2.12. The minimum Gasteiger partial charge on any atom is -0.317 e. The van der Waals surface area contributed by atoms with Crippen LogP contribution in [0.25, 0.3) is 0 Å². The Morgan fingerprint density at radius 3 is 2.56 bits per heavy atom. The van der Waals surface area contributed by atoms with Gasteiger partial charge in [0.05, 0.1) is 0 Å². The van der Waals surface area contributed by atoms with Crippen LogP contribution in [0.4, 0.5) is 0 Å². The molecule has 1 nitrogen and oxygen atoms in total. The number of aryl methyl sites for hydroxylation is 1. The van der Waals surface area contributed by atoms with E-state index in [4.69, 9.17) is 0 Å². The van der Waals surface area contributed by atoms with Crippen LogP contribution in [-0.2, 0) is 6.42 Å². The molecule has 0 saturated heterocycles. The Morgan fingerprint density at radius 2 is 1.88 bits per heavy atom. The molecular weight excluding hydrogens is 194 g/mol. The second-order valence-electron chi connectivity index (χ2n) is 4.63. The zero-order valence-corrected chi connectivity index (χ0v) is 10.7. The van der Waals surface area contributed by atoms with E-state index in [9.17, 15) is 0 Å². The van der Waals surface area contributed by atoms with Gasteiger partial charge in [-0.3, -0.25) is 0 Å². The lowest BCUT2D eigenvalue weighted by Crippen LogP contribution is -2.16. The molecule has 0 radical (unpaired) electrons. The molecule has 0 aliphatic carbocycles. The fourth-order valence-corrected chi connectivity index (χ4v) is 1.97. The van der Waals surface area contributed by atoms with Crippen LogP contribution < -0.4 is 5.32 Å². The first-order valence-corrected chi connectivity index (χ1v) is 6.57. The van der Waals surface area contributed by atoms with Crippen LogP contribution in [0, 0.1) is 5.92 Å². The Balaban J connectivity index is 2.06. The molecule has 0 fully saturated rings. The largest absolute Gasteiger partial charge is 0.317 e. The van der Waals surface area contributed by atoms with Crippen LogP contribution in [0.3, 0.4) is 0 Å². The van der Waals surface area contributed by atoms with E-state index in [1.807, 2.05) is 0 Å². The van der Waals surface area contributed by atoms with Crippen molar-refractivity contribution in [3.63, 3.8) is 0 Å². The van der Waals surface area contributed by atoms with Gasteiger partial charge in [0.2, 0.25) is 0 Å². The molecule has 0 saturated carbocycles. The summed E-state index contributed by atoms with van der Waals surface area (Å²) < 4.78 is 0. The van der Waals surface area contributed by atoms with Crippen molar-refractivity contribution in [2.24, 2.45) is 5.92 Å². The maximum absolute atomic E-state index is 3.39. The summed E-state index contributed by atoms with van der Waals surface area (Å²) in [6.45, 7) is 6.79. The van der Waals surface area contributed by atoms with Crippen molar-refractivity contribution in [1.29, 1.82) is 0 Å². The van der Waals surface area contributed by atoms with Gasteiger partial charge in [-0.15, -0.1) is 0 Å². The molecule has 90 valence electrons. The van der Waals surface area contributed by atoms with E-state index < -0.39 is 0 Å². The zero-order valence-electron chi connectivity index (χ0n) is 10.7. The van der Waals surface area contributed by atoms with Crippen LogP contribution >= 0.6 is 0 Å². The molecule has 1 aromatic carbocycles. The van der Waals surface area contributed by atoms with E-state index in [0.29, 0.717) is 0 Å². The predicted octanol–water partition coefficient (Wildman–Crippen LogP) is 3.65. The van der Waals surface area contributed by atoms with Gasteiger partial charge >= 0.3 is 0 Å². The van der Waals surface area contributed by atoms with Crippen molar-refractivity contribution in [3.05, 3.63) is 35.9 Å². The van der Waals surface area contributed by atoms with Gasteiger partial charge in [0.15, 0.2) is 0 Å². The smallest absolute Gasteiger partial charge is 0.00465 e. The maximum Gasteiger partial charge on any atom is -0.00465 e. The molecule has 1 atom stereocenters. The number of benzene rings is 1. The molecule has 1 unspecified atom stereocenters. The average Bonchev–Trinajstić information content (AvgIpc) is 2.31. The van der Waals surface area contributed by atoms with E-state index >= 15 is 0 Å². The first kappa shape index (κ1) is 13.2. The molecule has 0 bridgehead atoms. The minimum atomic E-state index is 0.850. The third kappa shape index (κ3) is 5.92. The van der Waals surface area contributed by atoms with Crippen molar-refractivity contribution in [1.82, 2.24) is 5.32 Å². The first-order valence-electron chi connectivity index (χ1n) is 6.57. The summed E-state index contributed by atoms with van der Waals surface area (Å²) in [6.07, 6.45) is 5.20. The molecule has 1 heteroatoms. The van der Waals surface area contributed by atoms with E-state index in [2.05, 4.69) is 49.5 Å². The number of rotatable bonds is 8. The summed E-state index contributed by atoms with van der Waals surface area (Å²) >= 11 is 0. The Morgan fingerprint density at radius 1 is 1.12 bits per heavy atom. The van der Waals surface area contributed by atoms with Gasteiger partial charge in [-0.25, -0.2) is 0 Å². The quantitative estimate of drug-likeness (QED) is 0.658. The van der Waals surface area contributed by atoms with Crippen molar-refractivity contribution in [2.75, 3.05) is 13.1 Å². The van der Waals surface area contributed by atoms with Gasteiger partial charge in [-0.05, 0) is 43.8 Å². The molecule has 1 rings (SSSR count). The van der Waals surface area contributed by atoms with Crippen LogP contribution in [0.1, 0.15) is 38.7 Å². The molecule has 0 amide bonds. The average molecular weight is 219 g/mol. The van der Waals surface area contributed by atoms with E-state index in [1.54, 1.807) is 0 Å². The van der Waals surface area contributed by atoms with E-state index in [1.165, 1.54) is 37.8 Å². The second-order valence-corrected chi connectivity index (χ2v) is 4.63. The molecule has 1 N–H and O–H groups in total. The Labute approximate surface area is 100 Å². The minimum absolute atomic E-state index is 0.850. The Kier molecular flexibility index (Phi) is 6.91. The molecule has 1 aromatic rings. The fraction of sp³-hybridized carbons (Fsp3) is 0.600. The van der Waals surface area contributed by atoms with Gasteiger partial charge in [-0.2, -0.15) is 0 Å². The Bertz CT molecular complexity index is 255. The number of hydrogen-bond acceptors (Lipinski definition) is 1. The predicted molar refractivity (Wildman–Crippen MR) is 71.7 cm³/mol. The second kappa shape index (κ2) is 8.35. The lowest BCUT2D eigenvalue weighted by atomic mass is 9.98. The number of hydrogen-bond donors (Lipinski definition) is 1. The Hall–Kier alpha value is -0.820. The molecule has 0 heterocycles. The molecule has 0 aromatic heterocycles. The summed E-state index contributed by atoms with van der Waals surface area (Å²) in [5.41, 5.74) is 1.47. The molecule has 0 spiro atoms. The highest BCUT2D eigenvalue weighted by Gasteiger charge is 2.01. The van der Waals surface area contributed by atoms with Crippen LogP contribution in [0.15, 0.2) is 30.3 Å². The summed E-state index contributed by atoms with van der Waals surface area (Å²) in [5.74, 6) is 0.850. The van der Waals surface area contributed by atoms with E-state index in [0.717, 1.165) is 12.5 Å². The van der Waals surface area contributed by atoms with Gasteiger partial charge in [0, 0.05) is 0 Å². The van der Waals surface area contributed by atoms with E-state index in [-0.39, 0.29) is 0 Å². The molecule has 0 aliphatic heterocycles. The summed E-state index contributed by atoms with van der Waals surface area (Å²) in [5, 5.41) is 3.39. The van der Waals surface area contributed by atoms with Crippen LogP contribution in [0.2, 0.25) is 0 Å². The third-order valence-electron chi connectivity index (χ3n) is 3.07. The first-order chi connectivity index (χ1) is 7.83. The SMILES string of the molecule is CCNCCC(C)CCCc1ccccc1.